The predicted octanol–water partition coefficient (Wildman–Crippen LogP) is 3.04. The minimum Gasteiger partial charge on any atom is -0.381 e. The van der Waals surface area contributed by atoms with E-state index in [1.54, 1.807) is 0 Å². The Bertz CT molecular complexity index is 533. The Morgan fingerprint density at radius 2 is 1.93 bits per heavy atom. The number of rotatable bonds is 12. The zero-order valence-corrected chi connectivity index (χ0v) is 17.7. The minimum absolute atomic E-state index is 0.377. The van der Waals surface area contributed by atoms with Crippen molar-refractivity contribution in [3.05, 3.63) is 30.3 Å². The summed E-state index contributed by atoms with van der Waals surface area (Å²) in [7, 11) is 0. The highest BCUT2D eigenvalue weighted by molar-refractivity contribution is 5.79. The Labute approximate surface area is 170 Å². The fourth-order valence-corrected chi connectivity index (χ4v) is 3.27. The van der Waals surface area contributed by atoms with Crippen LogP contribution in [-0.2, 0) is 9.47 Å². The first kappa shape index (κ1) is 22.5. The Balaban J connectivity index is 1.62. The van der Waals surface area contributed by atoms with Gasteiger partial charge in [0.15, 0.2) is 5.96 Å². The second-order valence-electron chi connectivity index (χ2n) is 6.99. The first-order valence-corrected chi connectivity index (χ1v) is 10.8. The Hall–Kier alpha value is -1.79. The molecule has 0 spiro atoms. The lowest BCUT2D eigenvalue weighted by molar-refractivity contribution is -0.0320. The number of nitrogens with one attached hydrogen (secondary N) is 2. The SMILES string of the molecule is CCNC(=NCCCN(CC)c1ccccc1)NCCCOC1CCOCC1. The van der Waals surface area contributed by atoms with Gasteiger partial charge < -0.3 is 25.0 Å². The molecule has 1 aliphatic rings. The van der Waals surface area contributed by atoms with E-state index in [0.29, 0.717) is 6.10 Å². The van der Waals surface area contributed by atoms with Crippen LogP contribution >= 0.6 is 0 Å². The number of guanidine groups is 1. The molecule has 0 unspecified atom stereocenters. The zero-order valence-electron chi connectivity index (χ0n) is 17.7. The number of para-hydroxylation sites is 1. The molecule has 1 fully saturated rings. The molecule has 1 aromatic rings. The molecule has 2 rings (SSSR count). The highest BCUT2D eigenvalue weighted by Gasteiger charge is 2.13. The molecule has 6 heteroatoms. The molecule has 1 heterocycles. The van der Waals surface area contributed by atoms with Crippen LogP contribution in [0, 0.1) is 0 Å². The summed E-state index contributed by atoms with van der Waals surface area (Å²) >= 11 is 0. The third-order valence-corrected chi connectivity index (χ3v) is 4.84. The van der Waals surface area contributed by atoms with E-state index < -0.39 is 0 Å². The number of hydrogen-bond donors (Lipinski definition) is 2. The quantitative estimate of drug-likeness (QED) is 0.326. The van der Waals surface area contributed by atoms with E-state index in [1.807, 2.05) is 0 Å². The molecule has 0 radical (unpaired) electrons. The molecule has 0 aliphatic carbocycles. The fraction of sp³-hybridized carbons (Fsp3) is 0.682. The van der Waals surface area contributed by atoms with E-state index in [2.05, 4.69) is 59.7 Å². The van der Waals surface area contributed by atoms with Crippen molar-refractivity contribution in [1.82, 2.24) is 10.6 Å². The molecule has 158 valence electrons. The van der Waals surface area contributed by atoms with Gasteiger partial charge in [-0.3, -0.25) is 4.99 Å². The van der Waals surface area contributed by atoms with Gasteiger partial charge in [0, 0.05) is 58.2 Å². The van der Waals surface area contributed by atoms with Crippen molar-refractivity contribution < 1.29 is 9.47 Å². The van der Waals surface area contributed by atoms with E-state index in [0.717, 1.165) is 84.2 Å². The van der Waals surface area contributed by atoms with Crippen molar-refractivity contribution in [2.24, 2.45) is 4.99 Å². The number of benzene rings is 1. The van der Waals surface area contributed by atoms with Gasteiger partial charge in [-0.2, -0.15) is 0 Å². The largest absolute Gasteiger partial charge is 0.381 e. The van der Waals surface area contributed by atoms with Gasteiger partial charge in [0.25, 0.3) is 0 Å². The monoisotopic (exact) mass is 390 g/mol. The van der Waals surface area contributed by atoms with Gasteiger partial charge in [-0.1, -0.05) is 18.2 Å². The van der Waals surface area contributed by atoms with E-state index >= 15 is 0 Å². The first-order valence-electron chi connectivity index (χ1n) is 10.8. The molecule has 6 nitrogen and oxygen atoms in total. The van der Waals surface area contributed by atoms with Crippen LogP contribution in [0.25, 0.3) is 0 Å². The van der Waals surface area contributed by atoms with Crippen molar-refractivity contribution in [3.8, 4) is 0 Å². The van der Waals surface area contributed by atoms with Gasteiger partial charge in [0.05, 0.1) is 6.10 Å². The molecular formula is C22H38N4O2. The van der Waals surface area contributed by atoms with E-state index in [4.69, 9.17) is 14.5 Å². The predicted molar refractivity (Wildman–Crippen MR) is 117 cm³/mol. The number of nitrogens with zero attached hydrogens (tertiary/aromatic N) is 2. The molecule has 0 bridgehead atoms. The van der Waals surface area contributed by atoms with Crippen LogP contribution in [0.1, 0.15) is 39.5 Å². The average molecular weight is 391 g/mol. The van der Waals surface area contributed by atoms with Crippen LogP contribution in [0.2, 0.25) is 0 Å². The molecule has 1 saturated heterocycles. The molecule has 2 N–H and O–H groups in total. The van der Waals surface area contributed by atoms with Crippen molar-refractivity contribution >= 4 is 11.6 Å². The van der Waals surface area contributed by atoms with Gasteiger partial charge in [0.2, 0.25) is 0 Å². The molecule has 28 heavy (non-hydrogen) atoms. The summed E-state index contributed by atoms with van der Waals surface area (Å²) in [5.41, 5.74) is 1.28. The highest BCUT2D eigenvalue weighted by atomic mass is 16.5. The summed E-state index contributed by atoms with van der Waals surface area (Å²) in [4.78, 5) is 7.10. The topological polar surface area (TPSA) is 58.1 Å². The lowest BCUT2D eigenvalue weighted by atomic mass is 10.1. The van der Waals surface area contributed by atoms with Gasteiger partial charge in [-0.15, -0.1) is 0 Å². The van der Waals surface area contributed by atoms with E-state index in [-0.39, 0.29) is 0 Å². The molecule has 0 saturated carbocycles. The summed E-state index contributed by atoms with van der Waals surface area (Å²) in [6.45, 7) is 11.3. The highest BCUT2D eigenvalue weighted by Crippen LogP contribution is 2.13. The molecule has 0 aromatic heterocycles. The molecule has 1 aromatic carbocycles. The summed E-state index contributed by atoms with van der Waals surface area (Å²) in [6.07, 6.45) is 4.44. The van der Waals surface area contributed by atoms with Crippen molar-refractivity contribution in [2.45, 2.75) is 45.6 Å². The van der Waals surface area contributed by atoms with Crippen LogP contribution in [0.15, 0.2) is 35.3 Å². The van der Waals surface area contributed by atoms with Crippen LogP contribution < -0.4 is 15.5 Å². The average Bonchev–Trinajstić information content (AvgIpc) is 2.75. The molecular weight excluding hydrogens is 352 g/mol. The minimum atomic E-state index is 0.377. The summed E-state index contributed by atoms with van der Waals surface area (Å²) in [6, 6.07) is 10.6. The van der Waals surface area contributed by atoms with Gasteiger partial charge in [-0.05, 0) is 51.7 Å². The molecule has 1 aliphatic heterocycles. The van der Waals surface area contributed by atoms with Crippen molar-refractivity contribution in [2.75, 3.05) is 57.4 Å². The van der Waals surface area contributed by atoms with Crippen molar-refractivity contribution in [3.63, 3.8) is 0 Å². The van der Waals surface area contributed by atoms with Gasteiger partial charge in [-0.25, -0.2) is 0 Å². The normalized spacial score (nSPS) is 15.4. The van der Waals surface area contributed by atoms with Crippen LogP contribution in [0.4, 0.5) is 5.69 Å². The number of aliphatic imine (C=N–C) groups is 1. The lowest BCUT2D eigenvalue weighted by Crippen LogP contribution is -2.38. The number of hydrogen-bond acceptors (Lipinski definition) is 4. The third-order valence-electron chi connectivity index (χ3n) is 4.84. The molecule has 0 amide bonds. The first-order chi connectivity index (χ1) is 13.8. The number of ether oxygens (including phenoxy) is 2. The third kappa shape index (κ3) is 8.93. The number of anilines is 1. The van der Waals surface area contributed by atoms with Crippen LogP contribution in [0.5, 0.6) is 0 Å². The zero-order chi connectivity index (χ0) is 19.9. The maximum absolute atomic E-state index is 5.92. The maximum atomic E-state index is 5.92. The maximum Gasteiger partial charge on any atom is 0.191 e. The van der Waals surface area contributed by atoms with Crippen LogP contribution in [-0.4, -0.2) is 64.6 Å². The fourth-order valence-electron chi connectivity index (χ4n) is 3.27. The van der Waals surface area contributed by atoms with E-state index in [9.17, 15) is 0 Å². The lowest BCUT2D eigenvalue weighted by Gasteiger charge is -2.23. The van der Waals surface area contributed by atoms with Gasteiger partial charge >= 0.3 is 0 Å². The molecule has 0 atom stereocenters. The van der Waals surface area contributed by atoms with Gasteiger partial charge in [0.1, 0.15) is 0 Å². The Kier molecular flexibility index (Phi) is 11.4. The Morgan fingerprint density at radius 1 is 1.14 bits per heavy atom. The smallest absolute Gasteiger partial charge is 0.191 e. The Morgan fingerprint density at radius 3 is 2.64 bits per heavy atom. The second-order valence-corrected chi connectivity index (χ2v) is 6.99. The standard InChI is InChI=1S/C22H38N4O2/c1-3-23-22(25-15-9-17-28-21-12-18-27-19-13-21)24-14-8-16-26(4-2)20-10-6-5-7-11-20/h5-7,10-11,21H,3-4,8-9,12-19H2,1-2H3,(H2,23,24,25). The summed E-state index contributed by atoms with van der Waals surface area (Å²) < 4.78 is 11.3. The van der Waals surface area contributed by atoms with Crippen LogP contribution in [0.3, 0.4) is 0 Å². The second kappa shape index (κ2) is 14.2. The summed E-state index contributed by atoms with van der Waals surface area (Å²) in [5, 5.41) is 6.74. The van der Waals surface area contributed by atoms with E-state index in [1.165, 1.54) is 5.69 Å². The van der Waals surface area contributed by atoms with Crippen molar-refractivity contribution in [1.29, 1.82) is 0 Å². The summed E-state index contributed by atoms with van der Waals surface area (Å²) in [5.74, 6) is 0.899.